The molecule has 0 bridgehead atoms. The molecule has 3 rings (SSSR count). The summed E-state index contributed by atoms with van der Waals surface area (Å²) in [5.41, 5.74) is 1.23. The van der Waals surface area contributed by atoms with Gasteiger partial charge in [0.1, 0.15) is 11.8 Å². The fraction of sp³-hybridized carbons (Fsp3) is 0.400. The average molecular weight is 551 g/mol. The number of nitrogens with one attached hydrogen (secondary N) is 2. The molecule has 0 aliphatic heterocycles. The number of amides is 3. The van der Waals surface area contributed by atoms with Gasteiger partial charge >= 0.3 is 0 Å². The lowest BCUT2D eigenvalue weighted by Gasteiger charge is -2.36. The SMILES string of the molecule is CCC(C)(C)NC(=O)[C@@H](c1cccc(OC)c1OC)N(C(=O)CCC(=O)Nc1cc(C)on1)c1ccccc1C. The van der Waals surface area contributed by atoms with Crippen molar-refractivity contribution in [2.45, 2.75) is 65.5 Å². The van der Waals surface area contributed by atoms with E-state index in [9.17, 15) is 14.4 Å². The van der Waals surface area contributed by atoms with Crippen LogP contribution in [0, 0.1) is 13.8 Å². The van der Waals surface area contributed by atoms with Crippen LogP contribution in [-0.2, 0) is 14.4 Å². The van der Waals surface area contributed by atoms with Crippen molar-refractivity contribution in [3.8, 4) is 11.5 Å². The highest BCUT2D eigenvalue weighted by molar-refractivity contribution is 6.04. The fourth-order valence-corrected chi connectivity index (χ4v) is 4.24. The first-order valence-electron chi connectivity index (χ1n) is 13.1. The molecule has 2 aromatic carbocycles. The summed E-state index contributed by atoms with van der Waals surface area (Å²) in [4.78, 5) is 42.2. The molecular weight excluding hydrogens is 512 g/mol. The van der Waals surface area contributed by atoms with E-state index in [1.165, 1.54) is 19.1 Å². The second-order valence-corrected chi connectivity index (χ2v) is 10.1. The lowest BCUT2D eigenvalue weighted by molar-refractivity contribution is -0.128. The van der Waals surface area contributed by atoms with Gasteiger partial charge in [0.2, 0.25) is 17.7 Å². The largest absolute Gasteiger partial charge is 0.493 e. The molecule has 214 valence electrons. The molecule has 3 amide bonds. The number of aromatic nitrogens is 1. The zero-order valence-electron chi connectivity index (χ0n) is 24.2. The zero-order valence-corrected chi connectivity index (χ0v) is 24.2. The molecule has 0 saturated carbocycles. The van der Waals surface area contributed by atoms with E-state index in [1.54, 1.807) is 43.3 Å². The van der Waals surface area contributed by atoms with Crippen molar-refractivity contribution in [1.29, 1.82) is 0 Å². The van der Waals surface area contributed by atoms with Crippen molar-refractivity contribution < 1.29 is 28.4 Å². The summed E-state index contributed by atoms with van der Waals surface area (Å²) in [5.74, 6) is 0.368. The summed E-state index contributed by atoms with van der Waals surface area (Å²) in [6.45, 7) is 9.38. The van der Waals surface area contributed by atoms with Crippen LogP contribution in [0.1, 0.15) is 63.0 Å². The Morgan fingerprint density at radius 2 is 1.75 bits per heavy atom. The number of methoxy groups -OCH3 is 2. The third-order valence-corrected chi connectivity index (χ3v) is 6.69. The molecule has 0 saturated heterocycles. The number of hydrogen-bond acceptors (Lipinski definition) is 7. The van der Waals surface area contributed by atoms with E-state index in [4.69, 9.17) is 14.0 Å². The van der Waals surface area contributed by atoms with E-state index in [-0.39, 0.29) is 18.7 Å². The predicted octanol–water partition coefficient (Wildman–Crippen LogP) is 5.11. The number of ether oxygens (including phenoxy) is 2. The second kappa shape index (κ2) is 13.1. The van der Waals surface area contributed by atoms with Crippen LogP contribution >= 0.6 is 0 Å². The Hall–Kier alpha value is -4.34. The molecule has 0 spiro atoms. The van der Waals surface area contributed by atoms with E-state index in [0.717, 1.165) is 5.56 Å². The number of aryl methyl sites for hydroxylation is 2. The van der Waals surface area contributed by atoms with Crippen molar-refractivity contribution in [1.82, 2.24) is 10.5 Å². The highest BCUT2D eigenvalue weighted by atomic mass is 16.5. The first-order valence-corrected chi connectivity index (χ1v) is 13.1. The monoisotopic (exact) mass is 550 g/mol. The van der Waals surface area contributed by atoms with Gasteiger partial charge in [-0.25, -0.2) is 0 Å². The summed E-state index contributed by atoms with van der Waals surface area (Å²) in [6.07, 6.45) is 0.377. The number of carbonyl (C=O) groups is 3. The standard InChI is InChI=1S/C30H38N4O6/c1-8-30(4,5)32-29(37)27(21-13-11-15-23(38-6)28(21)39-7)34(22-14-10-9-12-19(22)2)26(36)17-16-25(35)31-24-18-20(3)40-33-24/h9-15,18,27H,8,16-17H2,1-7H3,(H,32,37)(H,31,33,35)/t27-/m1/s1. The summed E-state index contributed by atoms with van der Waals surface area (Å²) in [5, 5.41) is 9.49. The minimum Gasteiger partial charge on any atom is -0.493 e. The van der Waals surface area contributed by atoms with E-state index in [1.807, 2.05) is 39.8 Å². The first-order chi connectivity index (χ1) is 19.0. The van der Waals surface area contributed by atoms with E-state index < -0.39 is 29.3 Å². The molecule has 10 heteroatoms. The van der Waals surface area contributed by atoms with Gasteiger partial charge in [-0.3, -0.25) is 19.3 Å². The lowest BCUT2D eigenvalue weighted by atomic mass is 9.96. The van der Waals surface area contributed by atoms with Crippen molar-refractivity contribution in [2.24, 2.45) is 0 Å². The minimum absolute atomic E-state index is 0.128. The first kappa shape index (κ1) is 30.2. The molecule has 10 nitrogen and oxygen atoms in total. The Morgan fingerprint density at radius 1 is 1.02 bits per heavy atom. The van der Waals surface area contributed by atoms with Crippen molar-refractivity contribution in [3.05, 3.63) is 65.4 Å². The van der Waals surface area contributed by atoms with Crippen LogP contribution < -0.4 is 25.0 Å². The van der Waals surface area contributed by atoms with Gasteiger partial charge in [0.15, 0.2) is 17.3 Å². The van der Waals surface area contributed by atoms with Crippen LogP contribution in [0.25, 0.3) is 0 Å². The molecule has 0 fully saturated rings. The van der Waals surface area contributed by atoms with E-state index >= 15 is 0 Å². The molecule has 40 heavy (non-hydrogen) atoms. The van der Waals surface area contributed by atoms with Crippen molar-refractivity contribution in [2.75, 3.05) is 24.4 Å². The maximum absolute atomic E-state index is 14.1. The summed E-state index contributed by atoms with van der Waals surface area (Å²) in [6, 6.07) is 13.0. The van der Waals surface area contributed by atoms with Crippen molar-refractivity contribution >= 4 is 29.2 Å². The summed E-state index contributed by atoms with van der Waals surface area (Å²) < 4.78 is 16.2. The third kappa shape index (κ3) is 7.19. The minimum atomic E-state index is -1.12. The van der Waals surface area contributed by atoms with Gasteiger partial charge in [-0.05, 0) is 51.8 Å². The number of rotatable bonds is 12. The van der Waals surface area contributed by atoms with Crippen LogP contribution in [-0.4, -0.2) is 42.6 Å². The highest BCUT2D eigenvalue weighted by Gasteiger charge is 2.38. The van der Waals surface area contributed by atoms with Gasteiger partial charge in [0, 0.05) is 35.7 Å². The van der Waals surface area contributed by atoms with Crippen LogP contribution in [0.3, 0.4) is 0 Å². The molecular formula is C30H38N4O6. The van der Waals surface area contributed by atoms with Crippen LogP contribution in [0.4, 0.5) is 11.5 Å². The van der Waals surface area contributed by atoms with Crippen molar-refractivity contribution in [3.63, 3.8) is 0 Å². The lowest BCUT2D eigenvalue weighted by Crippen LogP contribution is -2.50. The van der Waals surface area contributed by atoms with Gasteiger partial charge in [0.05, 0.1) is 14.2 Å². The van der Waals surface area contributed by atoms with Crippen LogP contribution in [0.5, 0.6) is 11.5 Å². The Morgan fingerprint density at radius 3 is 2.35 bits per heavy atom. The smallest absolute Gasteiger partial charge is 0.248 e. The Balaban J connectivity index is 2.08. The van der Waals surface area contributed by atoms with Gasteiger partial charge in [-0.1, -0.05) is 42.4 Å². The Labute approximate surface area is 235 Å². The van der Waals surface area contributed by atoms with Gasteiger partial charge in [0.25, 0.3) is 0 Å². The molecule has 0 aliphatic carbocycles. The fourth-order valence-electron chi connectivity index (χ4n) is 4.24. The number of nitrogens with zero attached hydrogens (tertiary/aromatic N) is 2. The average Bonchev–Trinajstić information content (AvgIpc) is 3.34. The van der Waals surface area contributed by atoms with Gasteiger partial charge in [-0.15, -0.1) is 0 Å². The van der Waals surface area contributed by atoms with E-state index in [2.05, 4.69) is 15.8 Å². The summed E-state index contributed by atoms with van der Waals surface area (Å²) >= 11 is 0. The Bertz CT molecular complexity index is 1350. The molecule has 1 heterocycles. The number of benzene rings is 2. The van der Waals surface area contributed by atoms with Gasteiger partial charge in [-0.2, -0.15) is 0 Å². The molecule has 2 N–H and O–H groups in total. The molecule has 3 aromatic rings. The number of para-hydroxylation sites is 2. The quantitative estimate of drug-likeness (QED) is 0.321. The maximum atomic E-state index is 14.1. The van der Waals surface area contributed by atoms with Gasteiger partial charge < -0.3 is 24.6 Å². The predicted molar refractivity (Wildman–Crippen MR) is 153 cm³/mol. The van der Waals surface area contributed by atoms with E-state index in [0.29, 0.717) is 34.9 Å². The van der Waals surface area contributed by atoms with Crippen LogP contribution in [0.2, 0.25) is 0 Å². The second-order valence-electron chi connectivity index (χ2n) is 10.1. The number of carbonyl (C=O) groups excluding carboxylic acids is 3. The number of hydrogen-bond donors (Lipinski definition) is 2. The van der Waals surface area contributed by atoms with Crippen LogP contribution in [0.15, 0.2) is 53.1 Å². The number of anilines is 2. The molecule has 1 atom stereocenters. The highest BCUT2D eigenvalue weighted by Crippen LogP contribution is 2.40. The topological polar surface area (TPSA) is 123 Å². The molecule has 0 radical (unpaired) electrons. The zero-order chi connectivity index (χ0) is 29.4. The maximum Gasteiger partial charge on any atom is 0.248 e. The molecule has 1 aromatic heterocycles. The normalized spacial score (nSPS) is 11.9. The molecule has 0 unspecified atom stereocenters. The third-order valence-electron chi connectivity index (χ3n) is 6.69. The molecule has 0 aliphatic rings. The summed E-state index contributed by atoms with van der Waals surface area (Å²) in [7, 11) is 3.00. The Kier molecular flexibility index (Phi) is 9.93.